The minimum Gasteiger partial charge on any atom is -0.482 e. The van der Waals surface area contributed by atoms with Gasteiger partial charge in [0.15, 0.2) is 12.2 Å². The van der Waals surface area contributed by atoms with Crippen molar-refractivity contribution in [2.24, 2.45) is 5.41 Å². The first-order valence-electron chi connectivity index (χ1n) is 12.9. The van der Waals surface area contributed by atoms with Gasteiger partial charge < -0.3 is 69.3 Å². The van der Waals surface area contributed by atoms with Crippen molar-refractivity contribution in [2.75, 3.05) is 13.2 Å². The molecule has 232 valence electrons. The first kappa shape index (κ1) is 31.6. The largest absolute Gasteiger partial charge is 0.482 e. The topological polar surface area (TPSA) is 251 Å². The number of carbonyl (C=O) groups excluding carboxylic acids is 2. The number of allylic oxidation sites excluding steroid dienone is 2. The van der Waals surface area contributed by atoms with Crippen molar-refractivity contribution >= 4 is 11.6 Å². The van der Waals surface area contributed by atoms with Gasteiger partial charge >= 0.3 is 0 Å². The molecule has 0 radical (unpaired) electrons. The second-order valence-electron chi connectivity index (χ2n) is 10.9. The van der Waals surface area contributed by atoms with Crippen molar-refractivity contribution in [1.29, 1.82) is 0 Å². The molecule has 0 aromatic rings. The molecule has 12 atom stereocenters. The fraction of sp³-hybridized carbons (Fsp3) is 0.760. The number of aliphatic hydroxyl groups excluding tert-OH is 8. The molecular formula is C25H36O16. The van der Waals surface area contributed by atoms with Crippen molar-refractivity contribution in [3.63, 3.8) is 0 Å². The molecule has 0 bridgehead atoms. The lowest BCUT2D eigenvalue weighted by Crippen LogP contribution is -2.59. The second-order valence-corrected chi connectivity index (χ2v) is 10.9. The number of ether oxygens (including phenoxy) is 6. The van der Waals surface area contributed by atoms with E-state index in [0.29, 0.717) is 0 Å². The van der Waals surface area contributed by atoms with Crippen LogP contribution < -0.4 is 0 Å². The molecule has 4 aliphatic heterocycles. The quantitative estimate of drug-likeness (QED) is 0.134. The highest BCUT2D eigenvalue weighted by molar-refractivity contribution is 6.03. The van der Waals surface area contributed by atoms with E-state index in [9.17, 15) is 50.4 Å². The number of ketones is 2. The van der Waals surface area contributed by atoms with Gasteiger partial charge in [0, 0.05) is 0 Å². The molecule has 0 saturated carbocycles. The summed E-state index contributed by atoms with van der Waals surface area (Å²) >= 11 is 0. The molecule has 0 spiro atoms. The van der Waals surface area contributed by atoms with Gasteiger partial charge in [-0.05, 0) is 13.8 Å². The van der Waals surface area contributed by atoms with Crippen LogP contribution in [-0.2, 0) is 38.0 Å². The normalized spacial score (nSPS) is 42.0. The Bertz CT molecular complexity index is 999. The Labute approximate surface area is 233 Å². The predicted octanol–water partition coefficient (Wildman–Crippen LogP) is -3.96. The summed E-state index contributed by atoms with van der Waals surface area (Å²) in [5.41, 5.74) is -1.39. The number of hydrogen-bond acceptors (Lipinski definition) is 16. The minimum atomic E-state index is -1.78. The summed E-state index contributed by atoms with van der Waals surface area (Å²) in [5, 5.41) is 79.4. The summed E-state index contributed by atoms with van der Waals surface area (Å²) in [5.74, 6) is -2.31. The van der Waals surface area contributed by atoms with Crippen LogP contribution in [-0.4, -0.2) is 139 Å². The van der Waals surface area contributed by atoms with Crippen LogP contribution in [0.4, 0.5) is 0 Å². The molecule has 4 heterocycles. The van der Waals surface area contributed by atoms with E-state index in [0.717, 1.165) is 0 Å². The lowest BCUT2D eigenvalue weighted by molar-refractivity contribution is -0.291. The summed E-state index contributed by atoms with van der Waals surface area (Å²) < 4.78 is 33.2. The van der Waals surface area contributed by atoms with Crippen LogP contribution in [0.25, 0.3) is 0 Å². The van der Waals surface area contributed by atoms with Crippen molar-refractivity contribution in [2.45, 2.75) is 101 Å². The van der Waals surface area contributed by atoms with E-state index in [4.69, 9.17) is 28.4 Å². The van der Waals surface area contributed by atoms with Crippen molar-refractivity contribution in [3.8, 4) is 0 Å². The Hall–Kier alpha value is -2.38. The van der Waals surface area contributed by atoms with Crippen LogP contribution in [0.2, 0.25) is 0 Å². The third-order valence-corrected chi connectivity index (χ3v) is 7.67. The fourth-order valence-corrected chi connectivity index (χ4v) is 5.11. The highest BCUT2D eigenvalue weighted by Crippen LogP contribution is 2.43. The molecule has 2 saturated heterocycles. The number of rotatable bonds is 8. The van der Waals surface area contributed by atoms with Crippen LogP contribution in [0, 0.1) is 5.41 Å². The van der Waals surface area contributed by atoms with E-state index < -0.39 is 104 Å². The molecule has 0 aromatic carbocycles. The number of aliphatic hydroxyl groups is 8. The Morgan fingerprint density at radius 1 is 0.634 bits per heavy atom. The molecule has 4 aliphatic rings. The van der Waals surface area contributed by atoms with Gasteiger partial charge in [-0.15, -0.1) is 0 Å². The highest BCUT2D eigenvalue weighted by atomic mass is 16.7. The first-order valence-corrected chi connectivity index (χ1v) is 12.9. The summed E-state index contributed by atoms with van der Waals surface area (Å²) in [6, 6.07) is 0. The van der Waals surface area contributed by atoms with Gasteiger partial charge in [0.25, 0.3) is 0 Å². The van der Waals surface area contributed by atoms with Gasteiger partial charge in [-0.25, -0.2) is 0 Å². The lowest BCUT2D eigenvalue weighted by Gasteiger charge is -2.39. The zero-order valence-electron chi connectivity index (χ0n) is 22.7. The third kappa shape index (κ3) is 5.45. The second kappa shape index (κ2) is 11.7. The lowest BCUT2D eigenvalue weighted by atomic mass is 9.77. The Morgan fingerprint density at radius 3 is 1.29 bits per heavy atom. The third-order valence-electron chi connectivity index (χ3n) is 7.67. The average molecular weight is 593 g/mol. The van der Waals surface area contributed by atoms with E-state index in [1.54, 1.807) is 0 Å². The molecule has 4 rings (SSSR count). The molecule has 0 amide bonds. The maximum atomic E-state index is 13.4. The molecule has 16 heteroatoms. The molecule has 0 aliphatic carbocycles. The summed E-state index contributed by atoms with van der Waals surface area (Å²) in [4.78, 5) is 26.8. The van der Waals surface area contributed by atoms with Crippen molar-refractivity contribution in [3.05, 3.63) is 23.0 Å². The van der Waals surface area contributed by atoms with E-state index in [-0.39, 0.29) is 23.0 Å². The monoisotopic (exact) mass is 592 g/mol. The smallest absolute Gasteiger partial charge is 0.242 e. The van der Waals surface area contributed by atoms with Crippen molar-refractivity contribution in [1.82, 2.24) is 0 Å². The zero-order valence-corrected chi connectivity index (χ0v) is 22.7. The standard InChI is InChI=1S/C25H36O16/c1-7-19(40-23-15(32)13(30)11(28)9(5-26)38-23)17(34)21(36-7)25(3,4)22-18(35)20(8(2)37-22)41-24-16(33)14(31)12(29)10(6-27)39-24/h9-16,21-24,26-33H,5-6H2,1-4H3/t9-,10-,11-,12-,13+,14+,15-,16-,21+,22+,23+,24+/m1/s1. The maximum Gasteiger partial charge on any atom is 0.242 e. The highest BCUT2D eigenvalue weighted by Gasteiger charge is 2.57. The van der Waals surface area contributed by atoms with Gasteiger partial charge in [0.05, 0.1) is 18.6 Å². The minimum absolute atomic E-state index is 0.0297. The number of Topliss-reactive ketones (excluding diaryl/α,β-unsaturated/α-hetero) is 2. The molecule has 16 nitrogen and oxygen atoms in total. The SMILES string of the molecule is CC1=C(O[C@@H]2O[C@H](CO)[C@@H](O)[C@H](O)[C@H]2O)C(=O)[C@@H](C(C)(C)[C@H]2OC(C)=C(O[C@@H]3O[C@H](CO)[C@@H](O)[C@H](O)[C@H]3O)C2=O)O1. The molecule has 0 aromatic heterocycles. The molecule has 0 unspecified atom stereocenters. The van der Waals surface area contributed by atoms with Gasteiger partial charge in [-0.1, -0.05) is 13.8 Å². The van der Waals surface area contributed by atoms with Gasteiger partial charge in [0.2, 0.25) is 35.7 Å². The maximum absolute atomic E-state index is 13.4. The van der Waals surface area contributed by atoms with E-state index in [2.05, 4.69) is 0 Å². The Morgan fingerprint density at radius 2 is 0.976 bits per heavy atom. The molecular weight excluding hydrogens is 556 g/mol. The van der Waals surface area contributed by atoms with Crippen molar-refractivity contribution < 1.29 is 78.9 Å². The number of carbonyl (C=O) groups is 2. The molecule has 8 N–H and O–H groups in total. The van der Waals surface area contributed by atoms with Gasteiger partial charge in [-0.3, -0.25) is 9.59 Å². The summed E-state index contributed by atoms with van der Waals surface area (Å²) in [6.07, 6.45) is -18.8. The Balaban J connectivity index is 1.46. The van der Waals surface area contributed by atoms with Crippen LogP contribution in [0.1, 0.15) is 27.7 Å². The summed E-state index contributed by atoms with van der Waals surface area (Å²) in [6.45, 7) is 4.39. The zero-order chi connectivity index (χ0) is 30.5. The van der Waals surface area contributed by atoms with Crippen LogP contribution in [0.15, 0.2) is 23.0 Å². The van der Waals surface area contributed by atoms with E-state index >= 15 is 0 Å². The Kier molecular flexibility index (Phi) is 9.02. The number of hydrogen-bond donors (Lipinski definition) is 8. The average Bonchev–Trinajstić information content (AvgIpc) is 3.39. The molecule has 2 fully saturated rings. The van der Waals surface area contributed by atoms with Crippen LogP contribution in [0.3, 0.4) is 0 Å². The van der Waals surface area contributed by atoms with Crippen LogP contribution in [0.5, 0.6) is 0 Å². The van der Waals surface area contributed by atoms with Gasteiger partial charge in [0.1, 0.15) is 60.4 Å². The van der Waals surface area contributed by atoms with Crippen LogP contribution >= 0.6 is 0 Å². The fourth-order valence-electron chi connectivity index (χ4n) is 5.11. The van der Waals surface area contributed by atoms with Gasteiger partial charge in [-0.2, -0.15) is 0 Å². The first-order chi connectivity index (χ1) is 19.1. The van der Waals surface area contributed by atoms with E-state index in [1.807, 2.05) is 0 Å². The summed E-state index contributed by atoms with van der Waals surface area (Å²) in [7, 11) is 0. The van der Waals surface area contributed by atoms with E-state index in [1.165, 1.54) is 27.7 Å². The predicted molar refractivity (Wildman–Crippen MR) is 129 cm³/mol. The molecule has 41 heavy (non-hydrogen) atoms.